The molecule has 0 bridgehead atoms. The largest absolute Gasteiger partial charge is 0.496 e. The van der Waals surface area contributed by atoms with Gasteiger partial charge in [0.2, 0.25) is 0 Å². The van der Waals surface area contributed by atoms with Crippen LogP contribution in [0.4, 0.5) is 5.69 Å². The van der Waals surface area contributed by atoms with E-state index in [2.05, 4.69) is 25.7 Å². The lowest BCUT2D eigenvalue weighted by molar-refractivity contribution is 0.0762. The average Bonchev–Trinajstić information content (AvgIpc) is 2.61. The molecule has 4 heteroatoms. The molecule has 0 aliphatic rings. The number of ether oxygens (including phenoxy) is 1. The van der Waals surface area contributed by atoms with Crippen molar-refractivity contribution in [3.8, 4) is 5.75 Å². The fourth-order valence-electron chi connectivity index (χ4n) is 2.69. The van der Waals surface area contributed by atoms with Crippen molar-refractivity contribution in [3.63, 3.8) is 0 Å². The number of methoxy groups -OCH3 is 1. The summed E-state index contributed by atoms with van der Waals surface area (Å²) in [6, 6.07) is 15.6. The maximum absolute atomic E-state index is 13.1. The van der Waals surface area contributed by atoms with Crippen molar-refractivity contribution in [2.24, 2.45) is 0 Å². The van der Waals surface area contributed by atoms with Crippen molar-refractivity contribution < 1.29 is 9.53 Å². The molecule has 0 aliphatic heterocycles. The van der Waals surface area contributed by atoms with Crippen LogP contribution in [0.5, 0.6) is 5.75 Å². The first-order valence-corrected chi connectivity index (χ1v) is 8.44. The predicted octanol–water partition coefficient (Wildman–Crippen LogP) is 4.34. The zero-order chi connectivity index (χ0) is 18.2. The van der Waals surface area contributed by atoms with Gasteiger partial charge in [-0.25, -0.2) is 0 Å². The number of amides is 1. The minimum atomic E-state index is -0.0328. The molecule has 0 spiro atoms. The molecule has 0 atom stereocenters. The molecule has 132 valence electrons. The van der Waals surface area contributed by atoms with E-state index in [1.807, 2.05) is 48.5 Å². The summed E-state index contributed by atoms with van der Waals surface area (Å²) < 4.78 is 5.41. The molecule has 0 aromatic heterocycles. The van der Waals surface area contributed by atoms with Gasteiger partial charge in [0.25, 0.3) is 5.91 Å². The quantitative estimate of drug-likeness (QED) is 0.728. The summed E-state index contributed by atoms with van der Waals surface area (Å²) >= 11 is 0. The van der Waals surface area contributed by atoms with E-state index in [9.17, 15) is 4.79 Å². The molecular formula is C21H26N2O2. The van der Waals surface area contributed by atoms with E-state index >= 15 is 0 Å². The molecule has 0 saturated carbocycles. The van der Waals surface area contributed by atoms with Gasteiger partial charge in [0.15, 0.2) is 0 Å². The van der Waals surface area contributed by atoms with Crippen molar-refractivity contribution in [1.29, 1.82) is 0 Å². The molecule has 0 saturated heterocycles. The molecule has 1 amide bonds. The summed E-state index contributed by atoms with van der Waals surface area (Å²) in [4.78, 5) is 14.9. The number of benzene rings is 2. The third-order valence-corrected chi connectivity index (χ3v) is 3.79. The third-order valence-electron chi connectivity index (χ3n) is 3.79. The number of hydrogen-bond donors (Lipinski definition) is 1. The molecule has 0 aliphatic carbocycles. The minimum Gasteiger partial charge on any atom is -0.496 e. The minimum absolute atomic E-state index is 0.0328. The van der Waals surface area contributed by atoms with E-state index < -0.39 is 0 Å². The monoisotopic (exact) mass is 338 g/mol. The molecular weight excluding hydrogens is 312 g/mol. The van der Waals surface area contributed by atoms with Gasteiger partial charge in [-0.1, -0.05) is 36.4 Å². The van der Waals surface area contributed by atoms with Crippen LogP contribution < -0.4 is 10.1 Å². The highest BCUT2D eigenvalue weighted by atomic mass is 16.5. The van der Waals surface area contributed by atoms with Gasteiger partial charge >= 0.3 is 0 Å². The second-order valence-corrected chi connectivity index (χ2v) is 6.13. The smallest absolute Gasteiger partial charge is 0.256 e. The molecule has 0 fully saturated rings. The summed E-state index contributed by atoms with van der Waals surface area (Å²) in [6.45, 7) is 8.83. The second-order valence-electron chi connectivity index (χ2n) is 6.13. The number of nitrogens with one attached hydrogen (secondary N) is 1. The molecule has 0 unspecified atom stereocenters. The van der Waals surface area contributed by atoms with Crippen LogP contribution in [0.15, 0.2) is 61.2 Å². The Bertz CT molecular complexity index is 725. The number of rotatable bonds is 8. The van der Waals surface area contributed by atoms with Crippen molar-refractivity contribution in [2.45, 2.75) is 26.4 Å². The lowest BCUT2D eigenvalue weighted by Gasteiger charge is -2.24. The summed E-state index contributed by atoms with van der Waals surface area (Å²) in [5, 5.41) is 3.34. The molecule has 0 radical (unpaired) electrons. The fraction of sp³-hybridized carbons (Fsp3) is 0.286. The molecule has 2 aromatic carbocycles. The van der Waals surface area contributed by atoms with E-state index in [4.69, 9.17) is 4.74 Å². The summed E-state index contributed by atoms with van der Waals surface area (Å²) in [5.74, 6) is 0.743. The first-order chi connectivity index (χ1) is 12.1. The van der Waals surface area contributed by atoms with Gasteiger partial charge < -0.3 is 15.0 Å². The fourth-order valence-corrected chi connectivity index (χ4v) is 2.69. The van der Waals surface area contributed by atoms with E-state index in [0.717, 1.165) is 17.0 Å². The van der Waals surface area contributed by atoms with Gasteiger partial charge in [-0.05, 0) is 32.0 Å². The van der Waals surface area contributed by atoms with Crippen LogP contribution in [0.1, 0.15) is 29.8 Å². The highest BCUT2D eigenvalue weighted by molar-refractivity contribution is 5.99. The number of nitrogens with zero attached hydrogens (tertiary/aromatic N) is 1. The number of carbonyl (C=O) groups is 1. The van der Waals surface area contributed by atoms with Crippen molar-refractivity contribution in [1.82, 2.24) is 4.90 Å². The van der Waals surface area contributed by atoms with Gasteiger partial charge in [-0.3, -0.25) is 4.79 Å². The Balaban J connectivity index is 2.31. The van der Waals surface area contributed by atoms with Gasteiger partial charge in [0.1, 0.15) is 5.75 Å². The first kappa shape index (κ1) is 18.6. The Kier molecular flexibility index (Phi) is 6.63. The van der Waals surface area contributed by atoms with Crippen LogP contribution in [0, 0.1) is 0 Å². The molecule has 1 N–H and O–H groups in total. The molecule has 25 heavy (non-hydrogen) atoms. The maximum atomic E-state index is 13.1. The summed E-state index contributed by atoms with van der Waals surface area (Å²) in [7, 11) is 1.64. The van der Waals surface area contributed by atoms with E-state index in [1.54, 1.807) is 18.1 Å². The topological polar surface area (TPSA) is 41.6 Å². The van der Waals surface area contributed by atoms with Gasteiger partial charge in [0.05, 0.1) is 12.7 Å². The Morgan fingerprint density at radius 2 is 1.88 bits per heavy atom. The Hall–Kier alpha value is -2.75. The SMILES string of the molecule is C=CCN(Cc1ccccc1OC)C(=O)c1ccccc1NC(C)C. The van der Waals surface area contributed by atoms with Crippen molar-refractivity contribution in [2.75, 3.05) is 19.0 Å². The predicted molar refractivity (Wildman–Crippen MR) is 103 cm³/mol. The maximum Gasteiger partial charge on any atom is 0.256 e. The lowest BCUT2D eigenvalue weighted by atomic mass is 10.1. The van der Waals surface area contributed by atoms with Crippen LogP contribution in [-0.2, 0) is 6.54 Å². The highest BCUT2D eigenvalue weighted by Crippen LogP contribution is 2.23. The summed E-state index contributed by atoms with van der Waals surface area (Å²) in [5.41, 5.74) is 2.47. The zero-order valence-electron chi connectivity index (χ0n) is 15.2. The van der Waals surface area contributed by atoms with Crippen LogP contribution in [0.3, 0.4) is 0 Å². The van der Waals surface area contributed by atoms with E-state index in [0.29, 0.717) is 18.7 Å². The van der Waals surface area contributed by atoms with Gasteiger partial charge in [0, 0.05) is 30.4 Å². The molecule has 2 aromatic rings. The average molecular weight is 338 g/mol. The normalized spacial score (nSPS) is 10.4. The van der Waals surface area contributed by atoms with Crippen molar-refractivity contribution >= 4 is 11.6 Å². The Morgan fingerprint density at radius 3 is 2.56 bits per heavy atom. The van der Waals surface area contributed by atoms with Crippen molar-refractivity contribution in [3.05, 3.63) is 72.3 Å². The van der Waals surface area contributed by atoms with Crippen LogP contribution >= 0.6 is 0 Å². The summed E-state index contributed by atoms with van der Waals surface area (Å²) in [6.07, 6.45) is 1.74. The third kappa shape index (κ3) is 4.86. The van der Waals surface area contributed by atoms with Gasteiger partial charge in [-0.15, -0.1) is 6.58 Å². The van der Waals surface area contributed by atoms with Crippen LogP contribution in [0.2, 0.25) is 0 Å². The number of para-hydroxylation sites is 2. The highest BCUT2D eigenvalue weighted by Gasteiger charge is 2.19. The van der Waals surface area contributed by atoms with Crippen LogP contribution in [-0.4, -0.2) is 30.5 Å². The molecule has 2 rings (SSSR count). The van der Waals surface area contributed by atoms with E-state index in [-0.39, 0.29) is 11.9 Å². The standard InChI is InChI=1S/C21H26N2O2/c1-5-14-23(15-17-10-6-9-13-20(17)25-4)21(24)18-11-7-8-12-19(18)22-16(2)3/h5-13,16,22H,1,14-15H2,2-4H3. The zero-order valence-corrected chi connectivity index (χ0v) is 15.2. The lowest BCUT2D eigenvalue weighted by Crippen LogP contribution is -2.31. The number of carbonyl (C=O) groups excluding carboxylic acids is 1. The van der Waals surface area contributed by atoms with E-state index in [1.165, 1.54) is 0 Å². The first-order valence-electron chi connectivity index (χ1n) is 8.44. The van der Waals surface area contributed by atoms with Crippen LogP contribution in [0.25, 0.3) is 0 Å². The Morgan fingerprint density at radius 1 is 1.20 bits per heavy atom. The second kappa shape index (κ2) is 8.92. The molecule has 4 nitrogen and oxygen atoms in total. The molecule has 0 heterocycles. The Labute approximate surface area is 150 Å². The number of hydrogen-bond acceptors (Lipinski definition) is 3. The van der Waals surface area contributed by atoms with Gasteiger partial charge in [-0.2, -0.15) is 0 Å². The number of anilines is 1.